The summed E-state index contributed by atoms with van der Waals surface area (Å²) in [5, 5.41) is 3.22. The van der Waals surface area contributed by atoms with Crippen molar-refractivity contribution < 1.29 is 9.78 Å². The van der Waals surface area contributed by atoms with E-state index in [1.54, 1.807) is 6.08 Å². The summed E-state index contributed by atoms with van der Waals surface area (Å²) in [6.07, 6.45) is 2.59. The molecule has 0 amide bonds. The molecular formula is C12H15NO2. The average Bonchev–Trinajstić information content (AvgIpc) is 2.26. The van der Waals surface area contributed by atoms with Gasteiger partial charge in [0, 0.05) is 18.5 Å². The van der Waals surface area contributed by atoms with E-state index in [1.807, 2.05) is 31.2 Å². The second kappa shape index (κ2) is 4.04. The van der Waals surface area contributed by atoms with E-state index in [1.165, 1.54) is 0 Å². The van der Waals surface area contributed by atoms with Crippen molar-refractivity contribution in [1.29, 1.82) is 0 Å². The fourth-order valence-electron chi connectivity index (χ4n) is 1.64. The van der Waals surface area contributed by atoms with Gasteiger partial charge >= 0.3 is 0 Å². The summed E-state index contributed by atoms with van der Waals surface area (Å²) in [5.74, 6) is 0.801. The van der Waals surface area contributed by atoms with Crippen LogP contribution in [-0.2, 0) is 11.3 Å². The lowest BCUT2D eigenvalue weighted by Gasteiger charge is -2.33. The molecule has 0 saturated heterocycles. The van der Waals surface area contributed by atoms with Gasteiger partial charge in [0.1, 0.15) is 0 Å². The van der Waals surface area contributed by atoms with Gasteiger partial charge in [-0.25, -0.2) is 0 Å². The maximum Gasteiger partial charge on any atom is 0.168 e. The fraction of sp³-hybridized carbons (Fsp3) is 0.333. The summed E-state index contributed by atoms with van der Waals surface area (Å²) in [6.45, 7) is 6.32. The topological polar surface area (TPSA) is 30.5 Å². The molecule has 0 aliphatic carbocycles. The lowest BCUT2D eigenvalue weighted by atomic mass is 10.0. The summed E-state index contributed by atoms with van der Waals surface area (Å²) in [6, 6.07) is 7.89. The largest absolute Gasteiger partial charge is 0.335 e. The molecule has 0 saturated carbocycles. The average molecular weight is 205 g/mol. The van der Waals surface area contributed by atoms with Gasteiger partial charge in [-0.2, -0.15) is 4.89 Å². The quantitative estimate of drug-likeness (QED) is 0.605. The maximum atomic E-state index is 5.34. The van der Waals surface area contributed by atoms with Crippen molar-refractivity contribution in [2.45, 2.75) is 19.1 Å². The zero-order chi connectivity index (χ0) is 10.7. The van der Waals surface area contributed by atoms with Gasteiger partial charge in [-0.1, -0.05) is 24.3 Å². The minimum absolute atomic E-state index is 0.470. The summed E-state index contributed by atoms with van der Waals surface area (Å²) < 4.78 is 0. The van der Waals surface area contributed by atoms with Crippen LogP contribution in [0.15, 0.2) is 36.9 Å². The summed E-state index contributed by atoms with van der Waals surface area (Å²) in [5.41, 5.74) is 0.686. The number of benzene rings is 1. The first-order chi connectivity index (χ1) is 7.23. The molecule has 1 aromatic rings. The molecular weight excluding hydrogens is 190 g/mol. The van der Waals surface area contributed by atoms with Crippen molar-refractivity contribution in [3.8, 4) is 5.75 Å². The van der Waals surface area contributed by atoms with Crippen LogP contribution in [0, 0.1) is 0 Å². The number of fused-ring (bicyclic) bond motifs is 1. The lowest BCUT2D eigenvalue weighted by Crippen LogP contribution is -2.49. The van der Waals surface area contributed by atoms with Gasteiger partial charge < -0.3 is 4.89 Å². The third-order valence-corrected chi connectivity index (χ3v) is 2.44. The van der Waals surface area contributed by atoms with E-state index >= 15 is 0 Å². The molecule has 1 N–H and O–H groups in total. The molecule has 15 heavy (non-hydrogen) atoms. The Kier molecular flexibility index (Phi) is 2.75. The molecule has 1 unspecified atom stereocenters. The van der Waals surface area contributed by atoms with Crippen molar-refractivity contribution in [3.63, 3.8) is 0 Å². The Balaban J connectivity index is 2.13. The molecule has 3 heteroatoms. The molecule has 0 aromatic heterocycles. The van der Waals surface area contributed by atoms with Gasteiger partial charge in [0.15, 0.2) is 11.5 Å². The molecule has 1 heterocycles. The van der Waals surface area contributed by atoms with E-state index in [0.717, 1.165) is 17.7 Å². The van der Waals surface area contributed by atoms with Crippen LogP contribution in [0.3, 0.4) is 0 Å². The van der Waals surface area contributed by atoms with Gasteiger partial charge in [0.05, 0.1) is 0 Å². The standard InChI is InChI=1S/C12H15NO2/c1-3-8-13-12(2)9-10-6-4-5-7-11(10)14-15-12/h3-7,13H,1,8-9H2,2H3. The van der Waals surface area contributed by atoms with Crippen LogP contribution >= 0.6 is 0 Å². The first kappa shape index (κ1) is 10.2. The summed E-state index contributed by atoms with van der Waals surface area (Å²) in [4.78, 5) is 10.6. The van der Waals surface area contributed by atoms with Crippen LogP contribution in [0.1, 0.15) is 12.5 Å². The molecule has 80 valence electrons. The minimum Gasteiger partial charge on any atom is -0.335 e. The van der Waals surface area contributed by atoms with E-state index in [0.29, 0.717) is 6.54 Å². The second-order valence-corrected chi connectivity index (χ2v) is 3.85. The minimum atomic E-state index is -0.470. The molecule has 3 nitrogen and oxygen atoms in total. The number of para-hydroxylation sites is 1. The molecule has 1 aliphatic heterocycles. The highest BCUT2D eigenvalue weighted by Crippen LogP contribution is 2.29. The highest BCUT2D eigenvalue weighted by molar-refractivity contribution is 5.34. The molecule has 1 aliphatic rings. The Bertz CT molecular complexity index is 364. The molecule has 0 radical (unpaired) electrons. The third kappa shape index (κ3) is 2.19. The molecule has 1 atom stereocenters. The predicted molar refractivity (Wildman–Crippen MR) is 58.5 cm³/mol. The highest BCUT2D eigenvalue weighted by atomic mass is 17.2. The highest BCUT2D eigenvalue weighted by Gasteiger charge is 2.32. The van der Waals surface area contributed by atoms with Crippen LogP contribution in [-0.4, -0.2) is 12.3 Å². The number of hydrogen-bond acceptors (Lipinski definition) is 3. The van der Waals surface area contributed by atoms with Gasteiger partial charge in [0.25, 0.3) is 0 Å². The zero-order valence-electron chi connectivity index (χ0n) is 8.82. The second-order valence-electron chi connectivity index (χ2n) is 3.85. The van der Waals surface area contributed by atoms with Crippen LogP contribution in [0.2, 0.25) is 0 Å². The van der Waals surface area contributed by atoms with E-state index in [4.69, 9.17) is 9.78 Å². The predicted octanol–water partition coefficient (Wildman–Crippen LogP) is 2.04. The molecule has 1 aromatic carbocycles. The summed E-state index contributed by atoms with van der Waals surface area (Å²) in [7, 11) is 0. The first-order valence-corrected chi connectivity index (χ1v) is 5.03. The number of hydrogen-bond donors (Lipinski definition) is 1. The van der Waals surface area contributed by atoms with Gasteiger partial charge in [0.2, 0.25) is 0 Å². The lowest BCUT2D eigenvalue weighted by molar-refractivity contribution is -0.306. The first-order valence-electron chi connectivity index (χ1n) is 5.03. The van der Waals surface area contributed by atoms with Crippen molar-refractivity contribution in [2.75, 3.05) is 6.54 Å². The molecule has 0 bridgehead atoms. The van der Waals surface area contributed by atoms with Crippen LogP contribution in [0.5, 0.6) is 5.75 Å². The van der Waals surface area contributed by atoms with Crippen LogP contribution in [0.4, 0.5) is 0 Å². The van der Waals surface area contributed by atoms with E-state index < -0.39 is 5.72 Å². The van der Waals surface area contributed by atoms with Gasteiger partial charge in [-0.15, -0.1) is 6.58 Å². The van der Waals surface area contributed by atoms with Crippen molar-refractivity contribution >= 4 is 0 Å². The Hall–Kier alpha value is -1.32. The Morgan fingerprint density at radius 3 is 3.13 bits per heavy atom. The van der Waals surface area contributed by atoms with Gasteiger partial charge in [-0.05, 0) is 13.0 Å². The van der Waals surface area contributed by atoms with Crippen molar-refractivity contribution in [3.05, 3.63) is 42.5 Å². The number of nitrogens with one attached hydrogen (secondary N) is 1. The Morgan fingerprint density at radius 1 is 1.53 bits per heavy atom. The normalized spacial score (nSPS) is 24.1. The van der Waals surface area contributed by atoms with E-state index in [2.05, 4.69) is 11.9 Å². The van der Waals surface area contributed by atoms with E-state index in [-0.39, 0.29) is 0 Å². The smallest absolute Gasteiger partial charge is 0.168 e. The SMILES string of the molecule is C=CCNC1(C)Cc2ccccc2OO1. The van der Waals surface area contributed by atoms with Crippen LogP contribution in [0.25, 0.3) is 0 Å². The molecule has 0 spiro atoms. The van der Waals surface area contributed by atoms with E-state index in [9.17, 15) is 0 Å². The maximum absolute atomic E-state index is 5.34. The van der Waals surface area contributed by atoms with Crippen molar-refractivity contribution in [2.24, 2.45) is 0 Å². The third-order valence-electron chi connectivity index (χ3n) is 2.44. The van der Waals surface area contributed by atoms with Crippen molar-refractivity contribution in [1.82, 2.24) is 5.32 Å². The van der Waals surface area contributed by atoms with Crippen LogP contribution < -0.4 is 10.2 Å². The van der Waals surface area contributed by atoms with Gasteiger partial charge in [-0.3, -0.25) is 5.32 Å². The Morgan fingerprint density at radius 2 is 2.33 bits per heavy atom. The summed E-state index contributed by atoms with van der Waals surface area (Å²) >= 11 is 0. The zero-order valence-corrected chi connectivity index (χ0v) is 8.82. The molecule has 0 fully saturated rings. The Labute approximate surface area is 89.6 Å². The monoisotopic (exact) mass is 205 g/mol. The fourth-order valence-corrected chi connectivity index (χ4v) is 1.64. The molecule has 2 rings (SSSR count). The number of rotatable bonds is 3.